The molecule has 3 aliphatic rings. The van der Waals surface area contributed by atoms with Crippen LogP contribution in [0.25, 0.3) is 0 Å². The van der Waals surface area contributed by atoms with Crippen molar-refractivity contribution in [1.29, 1.82) is 0 Å². The zero-order chi connectivity index (χ0) is 35.8. The van der Waals surface area contributed by atoms with Gasteiger partial charge in [-0.1, -0.05) is 57.6 Å². The number of halogens is 4. The van der Waals surface area contributed by atoms with E-state index in [0.29, 0.717) is 77.2 Å². The quantitative estimate of drug-likeness (QED) is 0.194. The largest absolute Gasteiger partial charge is 0.399 e. The van der Waals surface area contributed by atoms with Crippen molar-refractivity contribution in [2.24, 2.45) is 5.16 Å². The molecule has 2 aromatic rings. The summed E-state index contributed by atoms with van der Waals surface area (Å²) in [6.07, 6.45) is 3.20. The van der Waals surface area contributed by atoms with Crippen LogP contribution in [0.2, 0.25) is 20.1 Å². The Hall–Kier alpha value is -2.80. The Morgan fingerprint density at radius 2 is 1.66 bits per heavy atom. The van der Waals surface area contributed by atoms with Crippen molar-refractivity contribution in [3.8, 4) is 0 Å². The van der Waals surface area contributed by atoms with Gasteiger partial charge in [0.15, 0.2) is 0 Å². The minimum absolute atomic E-state index is 0.0179. The van der Waals surface area contributed by atoms with Crippen LogP contribution in [0.4, 0.5) is 4.79 Å². The molecule has 272 valence electrons. The topological polar surface area (TPSA) is 98.2 Å². The predicted octanol–water partition coefficient (Wildman–Crippen LogP) is 6.00. The molecule has 3 aliphatic heterocycles. The lowest BCUT2D eigenvalue weighted by atomic mass is 9.89. The van der Waals surface area contributed by atoms with Gasteiger partial charge in [0.05, 0.1) is 35.5 Å². The van der Waals surface area contributed by atoms with Gasteiger partial charge in [0, 0.05) is 73.9 Å². The van der Waals surface area contributed by atoms with Gasteiger partial charge in [0.2, 0.25) is 5.91 Å². The summed E-state index contributed by atoms with van der Waals surface area (Å²) in [6, 6.07) is 10.3. The minimum atomic E-state index is -0.260. The molecule has 0 N–H and O–H groups in total. The van der Waals surface area contributed by atoms with E-state index in [1.165, 1.54) is 7.11 Å². The summed E-state index contributed by atoms with van der Waals surface area (Å²) in [5, 5.41) is 6.02. The highest BCUT2D eigenvalue weighted by atomic mass is 35.5. The van der Waals surface area contributed by atoms with Gasteiger partial charge in [-0.2, -0.15) is 0 Å². The molecule has 0 saturated carbocycles. The second-order valence-corrected chi connectivity index (χ2v) is 14.6. The van der Waals surface area contributed by atoms with Gasteiger partial charge in [0.1, 0.15) is 13.7 Å². The van der Waals surface area contributed by atoms with Crippen LogP contribution in [0, 0.1) is 0 Å². The van der Waals surface area contributed by atoms with Gasteiger partial charge in [-0.15, -0.1) is 0 Å². The van der Waals surface area contributed by atoms with E-state index < -0.39 is 0 Å². The number of piperidine rings is 1. The van der Waals surface area contributed by atoms with Gasteiger partial charge in [-0.25, -0.2) is 4.79 Å². The lowest BCUT2D eigenvalue weighted by Crippen LogP contribution is -2.57. The highest BCUT2D eigenvalue weighted by molar-refractivity contribution is 6.42. The lowest BCUT2D eigenvalue weighted by Gasteiger charge is -2.43. The van der Waals surface area contributed by atoms with E-state index in [0.717, 1.165) is 44.5 Å². The maximum absolute atomic E-state index is 13.5. The van der Waals surface area contributed by atoms with Crippen LogP contribution in [0.5, 0.6) is 0 Å². The first-order valence-electron chi connectivity index (χ1n) is 16.9. The van der Waals surface area contributed by atoms with Gasteiger partial charge in [-0.05, 0) is 68.1 Å². The molecule has 3 saturated heterocycles. The summed E-state index contributed by atoms with van der Waals surface area (Å²) in [5.74, 6) is -0.512. The molecule has 0 aliphatic carbocycles. The standard InChI is InChI=1S/C35H44Cl4N6O5/c1-41(34(47)25-18-26(36)21-27(37)19-25)22-32(40-49-2)29(24-4-5-30(38)31(39)20-24)8-13-42-11-6-28(7-12-42)45-10-3-9-44(35(45)48)23-33(46)43-14-16-50-17-15-43/h4-5,18-21,28-29H,3,6-17,22-23H2,1-2H3/b40-32+/t29-/m1/s1. The van der Waals surface area contributed by atoms with Crippen LogP contribution in [0.15, 0.2) is 41.6 Å². The number of likely N-dealkylation sites (tertiary alicyclic amines) is 1. The molecule has 5 rings (SSSR count). The molecule has 4 amide bonds. The van der Waals surface area contributed by atoms with E-state index in [4.69, 9.17) is 56.0 Å². The van der Waals surface area contributed by atoms with Crippen molar-refractivity contribution < 1.29 is 24.0 Å². The molecule has 11 nitrogen and oxygen atoms in total. The molecule has 15 heteroatoms. The van der Waals surface area contributed by atoms with Crippen molar-refractivity contribution in [2.45, 2.75) is 37.6 Å². The van der Waals surface area contributed by atoms with E-state index in [-0.39, 0.29) is 42.9 Å². The van der Waals surface area contributed by atoms with Crippen molar-refractivity contribution in [3.05, 3.63) is 67.6 Å². The molecule has 50 heavy (non-hydrogen) atoms. The average molecular weight is 771 g/mol. The summed E-state index contributed by atoms with van der Waals surface area (Å²) < 4.78 is 5.37. The number of morpholine rings is 1. The second-order valence-electron chi connectivity index (χ2n) is 12.9. The Morgan fingerprint density at radius 1 is 0.960 bits per heavy atom. The van der Waals surface area contributed by atoms with Crippen molar-refractivity contribution in [2.75, 3.05) is 86.3 Å². The third-order valence-electron chi connectivity index (χ3n) is 9.58. The molecular weight excluding hydrogens is 726 g/mol. The predicted molar refractivity (Wildman–Crippen MR) is 197 cm³/mol. The highest BCUT2D eigenvalue weighted by Crippen LogP contribution is 2.31. The molecule has 0 radical (unpaired) electrons. The Balaban J connectivity index is 1.22. The van der Waals surface area contributed by atoms with Gasteiger partial charge < -0.3 is 34.1 Å². The van der Waals surface area contributed by atoms with Gasteiger partial charge in [0.25, 0.3) is 5.91 Å². The summed E-state index contributed by atoms with van der Waals surface area (Å²) in [5.41, 5.74) is 1.92. The zero-order valence-corrected chi connectivity index (χ0v) is 31.5. The van der Waals surface area contributed by atoms with Gasteiger partial charge >= 0.3 is 6.03 Å². The average Bonchev–Trinajstić information content (AvgIpc) is 3.10. The first kappa shape index (κ1) is 38.4. The molecule has 1 atom stereocenters. The van der Waals surface area contributed by atoms with E-state index >= 15 is 0 Å². The third kappa shape index (κ3) is 9.95. The second kappa shape index (κ2) is 18.1. The fourth-order valence-corrected chi connectivity index (χ4v) is 7.75. The van der Waals surface area contributed by atoms with E-state index in [2.05, 4.69) is 10.1 Å². The molecule has 3 heterocycles. The number of nitrogens with zero attached hydrogens (tertiary/aromatic N) is 6. The van der Waals surface area contributed by atoms with Crippen LogP contribution >= 0.6 is 46.4 Å². The van der Waals surface area contributed by atoms with Crippen molar-refractivity contribution >= 4 is 70.0 Å². The molecule has 0 aromatic heterocycles. The molecule has 0 spiro atoms. The molecule has 2 aromatic carbocycles. The summed E-state index contributed by atoms with van der Waals surface area (Å²) in [4.78, 5) is 54.5. The third-order valence-corrected chi connectivity index (χ3v) is 10.8. The van der Waals surface area contributed by atoms with Crippen LogP contribution < -0.4 is 0 Å². The zero-order valence-electron chi connectivity index (χ0n) is 28.5. The number of oxime groups is 1. The number of hydrogen-bond acceptors (Lipinski definition) is 7. The molecule has 3 fully saturated rings. The molecular formula is C35H44Cl4N6O5. The number of amides is 4. The van der Waals surface area contributed by atoms with E-state index in [1.54, 1.807) is 46.0 Å². The molecule has 0 bridgehead atoms. The highest BCUT2D eigenvalue weighted by Gasteiger charge is 2.35. The smallest absolute Gasteiger partial charge is 0.320 e. The van der Waals surface area contributed by atoms with E-state index in [9.17, 15) is 14.4 Å². The number of rotatable bonds is 12. The lowest BCUT2D eigenvalue weighted by molar-refractivity contribution is -0.136. The normalized spacial score (nSPS) is 18.7. The Bertz CT molecular complexity index is 1530. The summed E-state index contributed by atoms with van der Waals surface area (Å²) in [6.45, 7) is 6.20. The van der Waals surface area contributed by atoms with Crippen LogP contribution in [-0.4, -0.2) is 140 Å². The minimum Gasteiger partial charge on any atom is -0.399 e. The maximum Gasteiger partial charge on any atom is 0.320 e. The number of ether oxygens (including phenoxy) is 1. The van der Waals surface area contributed by atoms with Crippen molar-refractivity contribution in [3.63, 3.8) is 0 Å². The number of carbonyl (C=O) groups excluding carboxylic acids is 3. The summed E-state index contributed by atoms with van der Waals surface area (Å²) in [7, 11) is 3.18. The van der Waals surface area contributed by atoms with Crippen LogP contribution in [-0.2, 0) is 14.4 Å². The fraction of sp³-hybridized carbons (Fsp3) is 0.543. The Labute approximate surface area is 313 Å². The Kier molecular flexibility index (Phi) is 13.9. The number of urea groups is 1. The SMILES string of the molecule is CO/N=C(\CN(C)C(=O)c1cc(Cl)cc(Cl)c1)[C@H](CCN1CCC(N2CCCN(CC(=O)N3CCOCC3)C2=O)CC1)c1ccc(Cl)c(Cl)c1. The van der Waals surface area contributed by atoms with E-state index in [1.807, 2.05) is 17.0 Å². The van der Waals surface area contributed by atoms with Gasteiger partial charge in [-0.3, -0.25) is 9.59 Å². The first-order valence-corrected chi connectivity index (χ1v) is 18.4. The fourth-order valence-electron chi connectivity index (χ4n) is 6.92. The molecule has 0 unspecified atom stereocenters. The number of carbonyl (C=O) groups is 3. The van der Waals surface area contributed by atoms with Crippen LogP contribution in [0.3, 0.4) is 0 Å². The van der Waals surface area contributed by atoms with Crippen molar-refractivity contribution in [1.82, 2.24) is 24.5 Å². The first-order chi connectivity index (χ1) is 24.0. The van der Waals surface area contributed by atoms with Crippen LogP contribution in [0.1, 0.15) is 47.5 Å². The monoisotopic (exact) mass is 768 g/mol. The maximum atomic E-state index is 13.5. The summed E-state index contributed by atoms with van der Waals surface area (Å²) >= 11 is 25.1. The number of hydrogen-bond donors (Lipinski definition) is 0. The Morgan fingerprint density at radius 3 is 2.32 bits per heavy atom. The number of benzene rings is 2.